The van der Waals surface area contributed by atoms with Crippen LogP contribution in [0.15, 0.2) is 60.9 Å². The van der Waals surface area contributed by atoms with E-state index in [0.29, 0.717) is 29.5 Å². The van der Waals surface area contributed by atoms with Gasteiger partial charge in [0.25, 0.3) is 5.91 Å². The number of carbonyl (C=O) groups excluding carboxylic acids is 1. The number of carbonyl (C=O) groups is 1. The van der Waals surface area contributed by atoms with E-state index in [0.717, 1.165) is 5.82 Å². The van der Waals surface area contributed by atoms with E-state index in [1.54, 1.807) is 36.5 Å². The first-order chi connectivity index (χ1) is 13.2. The van der Waals surface area contributed by atoms with Crippen molar-refractivity contribution in [3.8, 4) is 17.2 Å². The van der Waals surface area contributed by atoms with Crippen LogP contribution in [0.2, 0.25) is 0 Å². The predicted molar refractivity (Wildman–Crippen MR) is 99.0 cm³/mol. The van der Waals surface area contributed by atoms with Crippen LogP contribution in [0.4, 0.5) is 5.69 Å². The topological polar surface area (TPSA) is 74.6 Å². The van der Waals surface area contributed by atoms with E-state index in [1.165, 1.54) is 0 Å². The molecule has 2 heterocycles. The fourth-order valence-electron chi connectivity index (χ4n) is 2.69. The van der Waals surface area contributed by atoms with E-state index in [4.69, 9.17) is 14.2 Å². The van der Waals surface area contributed by atoms with Crippen LogP contribution in [-0.4, -0.2) is 28.2 Å². The zero-order chi connectivity index (χ0) is 18.6. The van der Waals surface area contributed by atoms with Crippen LogP contribution in [-0.2, 0) is 18.4 Å². The van der Waals surface area contributed by atoms with Crippen LogP contribution in [0.5, 0.6) is 17.2 Å². The van der Waals surface area contributed by atoms with Crippen LogP contribution in [0.3, 0.4) is 0 Å². The van der Waals surface area contributed by atoms with Gasteiger partial charge >= 0.3 is 0 Å². The first kappa shape index (κ1) is 17.0. The zero-order valence-corrected chi connectivity index (χ0v) is 14.8. The Bertz CT molecular complexity index is 936. The maximum absolute atomic E-state index is 12.4. The normalized spacial score (nSPS) is 15.2. The summed E-state index contributed by atoms with van der Waals surface area (Å²) in [7, 11) is 1.92. The Balaban J connectivity index is 1.33. The monoisotopic (exact) mass is 365 g/mol. The molecule has 0 bridgehead atoms. The molecule has 1 aromatic heterocycles. The van der Waals surface area contributed by atoms with Crippen molar-refractivity contribution < 1.29 is 19.0 Å². The van der Waals surface area contributed by atoms with Crippen molar-refractivity contribution in [2.75, 3.05) is 11.9 Å². The summed E-state index contributed by atoms with van der Waals surface area (Å²) in [5.74, 6) is 2.49. The van der Waals surface area contributed by atoms with E-state index in [2.05, 4.69) is 10.3 Å². The van der Waals surface area contributed by atoms with Gasteiger partial charge in [-0.05, 0) is 36.4 Å². The number of rotatable bonds is 5. The maximum Gasteiger partial charge on any atom is 0.269 e. The lowest BCUT2D eigenvalue weighted by molar-refractivity contribution is -0.125. The minimum atomic E-state index is -0.695. The largest absolute Gasteiger partial charge is 0.486 e. The van der Waals surface area contributed by atoms with Crippen LogP contribution in [0.1, 0.15) is 5.82 Å². The Hall–Kier alpha value is -3.48. The summed E-state index contributed by atoms with van der Waals surface area (Å²) in [4.78, 5) is 16.6. The minimum Gasteiger partial charge on any atom is -0.486 e. The fourth-order valence-corrected chi connectivity index (χ4v) is 2.69. The molecule has 0 saturated heterocycles. The molecule has 0 aliphatic carbocycles. The van der Waals surface area contributed by atoms with Crippen LogP contribution < -0.4 is 19.5 Å². The Kier molecular flexibility index (Phi) is 4.65. The van der Waals surface area contributed by atoms with E-state index in [-0.39, 0.29) is 12.5 Å². The Morgan fingerprint density at radius 2 is 2.00 bits per heavy atom. The highest BCUT2D eigenvalue weighted by molar-refractivity contribution is 5.94. The molecule has 0 saturated carbocycles. The molecule has 27 heavy (non-hydrogen) atoms. The number of para-hydroxylation sites is 2. The lowest BCUT2D eigenvalue weighted by Crippen LogP contribution is -2.40. The average molecular weight is 365 g/mol. The van der Waals surface area contributed by atoms with Gasteiger partial charge in [-0.2, -0.15) is 0 Å². The average Bonchev–Trinajstić information content (AvgIpc) is 3.12. The number of amides is 1. The van der Waals surface area contributed by atoms with Crippen molar-refractivity contribution in [1.82, 2.24) is 9.55 Å². The second-order valence-electron chi connectivity index (χ2n) is 6.12. The third-order valence-corrected chi connectivity index (χ3v) is 4.21. The number of imidazole rings is 1. The van der Waals surface area contributed by atoms with Crippen molar-refractivity contribution in [3.63, 3.8) is 0 Å². The van der Waals surface area contributed by atoms with E-state index in [9.17, 15) is 4.79 Å². The van der Waals surface area contributed by atoms with Crippen molar-refractivity contribution in [2.45, 2.75) is 12.7 Å². The molecule has 7 nitrogen and oxygen atoms in total. The molecule has 1 aliphatic heterocycles. The van der Waals surface area contributed by atoms with Gasteiger partial charge in [0.05, 0.1) is 0 Å². The third-order valence-electron chi connectivity index (χ3n) is 4.21. The lowest BCUT2D eigenvalue weighted by Gasteiger charge is -2.25. The van der Waals surface area contributed by atoms with Gasteiger partial charge in [0.1, 0.15) is 24.8 Å². The van der Waals surface area contributed by atoms with Gasteiger partial charge in [-0.15, -0.1) is 0 Å². The number of nitrogens with zero attached hydrogens (tertiary/aromatic N) is 2. The Morgan fingerprint density at radius 3 is 2.74 bits per heavy atom. The number of aryl methyl sites for hydroxylation is 1. The van der Waals surface area contributed by atoms with Gasteiger partial charge in [-0.3, -0.25) is 4.79 Å². The number of ether oxygens (including phenoxy) is 3. The number of anilines is 1. The molecule has 2 aromatic carbocycles. The third kappa shape index (κ3) is 3.87. The molecule has 1 aliphatic rings. The summed E-state index contributed by atoms with van der Waals surface area (Å²) >= 11 is 0. The summed E-state index contributed by atoms with van der Waals surface area (Å²) in [6, 6.07) is 14.5. The van der Waals surface area contributed by atoms with Crippen molar-refractivity contribution >= 4 is 11.6 Å². The zero-order valence-electron chi connectivity index (χ0n) is 14.8. The molecular weight excluding hydrogens is 346 g/mol. The SMILES string of the molecule is Cn1ccnc1COc1ccc(NC(=O)[C@H]2COc3ccccc3O2)cc1. The van der Waals surface area contributed by atoms with Crippen molar-refractivity contribution in [2.24, 2.45) is 7.05 Å². The molecule has 1 amide bonds. The minimum absolute atomic E-state index is 0.174. The number of aromatic nitrogens is 2. The first-order valence-corrected chi connectivity index (χ1v) is 8.57. The number of hydrogen-bond donors (Lipinski definition) is 1. The molecule has 0 radical (unpaired) electrons. The molecule has 138 valence electrons. The van der Waals surface area contributed by atoms with Crippen LogP contribution in [0, 0.1) is 0 Å². The number of nitrogens with one attached hydrogen (secondary N) is 1. The quantitative estimate of drug-likeness (QED) is 0.753. The molecule has 0 spiro atoms. The number of fused-ring (bicyclic) bond motifs is 1. The van der Waals surface area contributed by atoms with E-state index >= 15 is 0 Å². The summed E-state index contributed by atoms with van der Waals surface area (Å²) in [6.07, 6.45) is 2.90. The number of hydrogen-bond acceptors (Lipinski definition) is 5. The molecule has 1 N–H and O–H groups in total. The van der Waals surface area contributed by atoms with Gasteiger partial charge < -0.3 is 24.1 Å². The maximum atomic E-state index is 12.4. The second kappa shape index (κ2) is 7.41. The summed E-state index contributed by atoms with van der Waals surface area (Å²) < 4.78 is 18.9. The first-order valence-electron chi connectivity index (χ1n) is 8.57. The highest BCUT2D eigenvalue weighted by Crippen LogP contribution is 2.31. The molecule has 4 rings (SSSR count). The van der Waals surface area contributed by atoms with E-state index < -0.39 is 6.10 Å². The van der Waals surface area contributed by atoms with Gasteiger partial charge in [0, 0.05) is 25.1 Å². The highest BCUT2D eigenvalue weighted by atomic mass is 16.6. The fraction of sp³-hybridized carbons (Fsp3) is 0.200. The summed E-state index contributed by atoms with van der Waals surface area (Å²) in [5.41, 5.74) is 0.659. The summed E-state index contributed by atoms with van der Waals surface area (Å²) in [5, 5.41) is 2.83. The molecule has 1 atom stereocenters. The smallest absolute Gasteiger partial charge is 0.269 e. The molecule has 7 heteroatoms. The summed E-state index contributed by atoms with van der Waals surface area (Å²) in [6.45, 7) is 0.551. The van der Waals surface area contributed by atoms with Gasteiger partial charge in [-0.25, -0.2) is 4.98 Å². The van der Waals surface area contributed by atoms with Crippen molar-refractivity contribution in [1.29, 1.82) is 0 Å². The highest BCUT2D eigenvalue weighted by Gasteiger charge is 2.27. The van der Waals surface area contributed by atoms with E-state index in [1.807, 2.05) is 36.0 Å². The lowest BCUT2D eigenvalue weighted by atomic mass is 10.2. The molecular formula is C20H19N3O4. The van der Waals surface area contributed by atoms with Crippen LogP contribution in [0.25, 0.3) is 0 Å². The van der Waals surface area contributed by atoms with Crippen molar-refractivity contribution in [3.05, 3.63) is 66.7 Å². The molecule has 3 aromatic rings. The predicted octanol–water partition coefficient (Wildman–Crippen LogP) is 2.78. The molecule has 0 fully saturated rings. The Morgan fingerprint density at radius 1 is 1.22 bits per heavy atom. The van der Waals surface area contributed by atoms with Gasteiger partial charge in [0.2, 0.25) is 6.10 Å². The van der Waals surface area contributed by atoms with Crippen LogP contribution >= 0.6 is 0 Å². The Labute approximate surface area is 156 Å². The standard InChI is InChI=1S/C20H19N3O4/c1-23-11-10-21-19(23)13-25-15-8-6-14(7-9-15)22-20(24)18-12-26-16-4-2-3-5-17(16)27-18/h2-11,18H,12-13H2,1H3,(H,22,24)/t18-/m1/s1. The van der Waals surface area contributed by atoms with Gasteiger partial charge in [0.15, 0.2) is 11.5 Å². The number of benzene rings is 2. The van der Waals surface area contributed by atoms with Gasteiger partial charge in [-0.1, -0.05) is 12.1 Å². The molecule has 0 unspecified atom stereocenters. The second-order valence-corrected chi connectivity index (χ2v) is 6.12.